The van der Waals surface area contributed by atoms with E-state index in [2.05, 4.69) is 38.8 Å². The molecule has 1 nitrogen and oxygen atoms in total. The topological polar surface area (TPSA) is 12.0 Å². The van der Waals surface area contributed by atoms with E-state index in [4.69, 9.17) is 11.6 Å². The smallest absolute Gasteiger partial charge is 0.0488 e. The lowest BCUT2D eigenvalue weighted by atomic mass is 10.1. The van der Waals surface area contributed by atoms with Crippen molar-refractivity contribution >= 4 is 38.9 Å². The number of thiophene rings is 1. The van der Waals surface area contributed by atoms with E-state index in [9.17, 15) is 0 Å². The van der Waals surface area contributed by atoms with Gasteiger partial charge in [-0.15, -0.1) is 11.3 Å². The van der Waals surface area contributed by atoms with Crippen LogP contribution in [0.25, 0.3) is 10.4 Å². The van der Waals surface area contributed by atoms with Gasteiger partial charge in [0.1, 0.15) is 0 Å². The van der Waals surface area contributed by atoms with E-state index in [0.29, 0.717) is 0 Å². The average Bonchev–Trinajstić information content (AvgIpc) is 2.65. The van der Waals surface area contributed by atoms with Crippen LogP contribution in [0.3, 0.4) is 0 Å². The summed E-state index contributed by atoms with van der Waals surface area (Å²) in [6.45, 7) is 0.820. The summed E-state index contributed by atoms with van der Waals surface area (Å²) in [5, 5.41) is 6.02. The van der Waals surface area contributed by atoms with Crippen LogP contribution >= 0.6 is 38.9 Å². The molecular formula is C12H11BrClNS. The Morgan fingerprint density at radius 1 is 1.38 bits per heavy atom. The molecule has 16 heavy (non-hydrogen) atoms. The maximum absolute atomic E-state index is 6.02. The van der Waals surface area contributed by atoms with E-state index in [1.807, 2.05) is 19.2 Å². The molecule has 0 spiro atoms. The minimum atomic E-state index is 0.779. The quantitative estimate of drug-likeness (QED) is 0.876. The van der Waals surface area contributed by atoms with Crippen molar-refractivity contribution in [3.8, 4) is 10.4 Å². The van der Waals surface area contributed by atoms with Crippen LogP contribution in [0.2, 0.25) is 5.02 Å². The SMILES string of the molecule is CNCc1cc(Cl)ccc1-c1sccc1Br. The Labute approximate surface area is 113 Å². The van der Waals surface area contributed by atoms with Crippen molar-refractivity contribution in [2.24, 2.45) is 0 Å². The van der Waals surface area contributed by atoms with Crippen LogP contribution in [-0.4, -0.2) is 7.05 Å². The highest BCUT2D eigenvalue weighted by Crippen LogP contribution is 2.36. The molecule has 1 aromatic carbocycles. The second-order valence-electron chi connectivity index (χ2n) is 3.43. The first kappa shape index (κ1) is 12.1. The molecule has 0 fully saturated rings. The van der Waals surface area contributed by atoms with E-state index < -0.39 is 0 Å². The monoisotopic (exact) mass is 315 g/mol. The molecule has 2 aromatic rings. The van der Waals surface area contributed by atoms with E-state index in [0.717, 1.165) is 16.0 Å². The molecule has 84 valence electrons. The van der Waals surface area contributed by atoms with Crippen molar-refractivity contribution in [2.75, 3.05) is 7.05 Å². The number of nitrogens with one attached hydrogen (secondary N) is 1. The van der Waals surface area contributed by atoms with Gasteiger partial charge in [-0.2, -0.15) is 0 Å². The second kappa shape index (κ2) is 5.32. The summed E-state index contributed by atoms with van der Waals surface area (Å²) in [7, 11) is 1.94. The minimum absolute atomic E-state index is 0.779. The minimum Gasteiger partial charge on any atom is -0.316 e. The molecule has 0 unspecified atom stereocenters. The van der Waals surface area contributed by atoms with Crippen LogP contribution in [0.1, 0.15) is 5.56 Å². The van der Waals surface area contributed by atoms with Crippen LogP contribution in [0.15, 0.2) is 34.1 Å². The van der Waals surface area contributed by atoms with Crippen LogP contribution in [0, 0.1) is 0 Å². The predicted octanol–water partition coefficient (Wildman–Crippen LogP) is 4.55. The molecular weight excluding hydrogens is 306 g/mol. The molecule has 0 radical (unpaired) electrons. The zero-order valence-electron chi connectivity index (χ0n) is 8.76. The van der Waals surface area contributed by atoms with Gasteiger partial charge in [0.2, 0.25) is 0 Å². The summed E-state index contributed by atoms with van der Waals surface area (Å²) in [5.41, 5.74) is 2.46. The number of hydrogen-bond acceptors (Lipinski definition) is 2. The Bertz CT molecular complexity index is 496. The molecule has 1 aromatic heterocycles. The first-order valence-electron chi connectivity index (χ1n) is 4.88. The lowest BCUT2D eigenvalue weighted by Crippen LogP contribution is -2.06. The van der Waals surface area contributed by atoms with Crippen molar-refractivity contribution in [1.82, 2.24) is 5.32 Å². The van der Waals surface area contributed by atoms with Crippen LogP contribution in [-0.2, 0) is 6.54 Å². The lowest BCUT2D eigenvalue weighted by molar-refractivity contribution is 0.819. The molecule has 1 heterocycles. The van der Waals surface area contributed by atoms with Gasteiger partial charge < -0.3 is 5.32 Å². The zero-order chi connectivity index (χ0) is 11.5. The van der Waals surface area contributed by atoms with E-state index in [1.165, 1.54) is 16.0 Å². The fourth-order valence-electron chi connectivity index (χ4n) is 1.61. The fourth-order valence-corrected chi connectivity index (χ4v) is 3.45. The molecule has 0 amide bonds. The highest BCUT2D eigenvalue weighted by molar-refractivity contribution is 9.10. The lowest BCUT2D eigenvalue weighted by Gasteiger charge is -2.08. The Hall–Kier alpha value is -0.350. The Balaban J connectivity index is 2.51. The van der Waals surface area contributed by atoms with Gasteiger partial charge in [-0.05, 0) is 57.7 Å². The van der Waals surface area contributed by atoms with E-state index in [1.54, 1.807) is 11.3 Å². The Morgan fingerprint density at radius 3 is 2.81 bits per heavy atom. The summed E-state index contributed by atoms with van der Waals surface area (Å²) < 4.78 is 1.14. The van der Waals surface area contributed by atoms with Gasteiger partial charge in [-0.3, -0.25) is 0 Å². The largest absolute Gasteiger partial charge is 0.316 e. The molecule has 0 aliphatic heterocycles. The maximum Gasteiger partial charge on any atom is 0.0488 e. The summed E-state index contributed by atoms with van der Waals surface area (Å²) in [6.07, 6.45) is 0. The molecule has 4 heteroatoms. The van der Waals surface area contributed by atoms with Crippen molar-refractivity contribution in [2.45, 2.75) is 6.54 Å². The van der Waals surface area contributed by atoms with Gasteiger partial charge in [-0.1, -0.05) is 17.7 Å². The summed E-state index contributed by atoms with van der Waals surface area (Å²) in [4.78, 5) is 1.25. The fraction of sp³-hybridized carbons (Fsp3) is 0.167. The van der Waals surface area contributed by atoms with Gasteiger partial charge in [0.25, 0.3) is 0 Å². The van der Waals surface area contributed by atoms with Crippen LogP contribution < -0.4 is 5.32 Å². The van der Waals surface area contributed by atoms with E-state index in [-0.39, 0.29) is 0 Å². The number of rotatable bonds is 3. The molecule has 0 aliphatic carbocycles. The summed E-state index contributed by atoms with van der Waals surface area (Å²) in [5.74, 6) is 0. The molecule has 0 saturated heterocycles. The molecule has 0 aliphatic rings. The summed E-state index contributed by atoms with van der Waals surface area (Å²) in [6, 6.07) is 8.09. The Kier molecular flexibility index (Phi) is 4.03. The third kappa shape index (κ3) is 2.48. The highest BCUT2D eigenvalue weighted by Gasteiger charge is 2.09. The number of hydrogen-bond donors (Lipinski definition) is 1. The van der Waals surface area contributed by atoms with Gasteiger partial charge in [0.15, 0.2) is 0 Å². The first-order chi connectivity index (χ1) is 7.72. The zero-order valence-corrected chi connectivity index (χ0v) is 11.9. The van der Waals surface area contributed by atoms with Crippen molar-refractivity contribution in [1.29, 1.82) is 0 Å². The normalized spacial score (nSPS) is 10.7. The van der Waals surface area contributed by atoms with Crippen LogP contribution in [0.4, 0.5) is 0 Å². The second-order valence-corrected chi connectivity index (χ2v) is 5.64. The van der Waals surface area contributed by atoms with Crippen molar-refractivity contribution in [3.05, 3.63) is 44.7 Å². The predicted molar refractivity (Wildman–Crippen MR) is 75.2 cm³/mol. The Morgan fingerprint density at radius 2 is 2.19 bits per heavy atom. The van der Waals surface area contributed by atoms with Crippen LogP contribution in [0.5, 0.6) is 0 Å². The first-order valence-corrected chi connectivity index (χ1v) is 6.94. The molecule has 0 atom stereocenters. The molecule has 0 bridgehead atoms. The molecule has 2 rings (SSSR count). The number of benzene rings is 1. The molecule has 0 saturated carbocycles. The highest BCUT2D eigenvalue weighted by atomic mass is 79.9. The van der Waals surface area contributed by atoms with Gasteiger partial charge in [0, 0.05) is 20.9 Å². The standard InChI is InChI=1S/C12H11BrClNS/c1-15-7-8-6-9(14)2-3-10(8)12-11(13)4-5-16-12/h2-6,15H,7H2,1H3. The maximum atomic E-state index is 6.02. The number of halogens is 2. The van der Waals surface area contributed by atoms with Gasteiger partial charge in [0.05, 0.1) is 0 Å². The third-order valence-electron chi connectivity index (χ3n) is 2.30. The van der Waals surface area contributed by atoms with E-state index >= 15 is 0 Å². The van der Waals surface area contributed by atoms with Crippen molar-refractivity contribution in [3.63, 3.8) is 0 Å². The van der Waals surface area contributed by atoms with Gasteiger partial charge in [-0.25, -0.2) is 0 Å². The van der Waals surface area contributed by atoms with Crippen molar-refractivity contribution < 1.29 is 0 Å². The van der Waals surface area contributed by atoms with Gasteiger partial charge >= 0.3 is 0 Å². The molecule has 1 N–H and O–H groups in total. The average molecular weight is 317 g/mol. The third-order valence-corrected chi connectivity index (χ3v) is 4.40. The summed E-state index contributed by atoms with van der Waals surface area (Å²) >= 11 is 11.3.